The molecule has 4 nitrogen and oxygen atoms in total. The Morgan fingerprint density at radius 3 is 2.21 bits per heavy atom. The zero-order valence-electron chi connectivity index (χ0n) is 14.6. The molecule has 0 N–H and O–H groups in total. The van der Waals surface area contributed by atoms with E-state index in [0.717, 1.165) is 28.6 Å². The van der Waals surface area contributed by atoms with Crippen molar-refractivity contribution in [3.63, 3.8) is 0 Å². The van der Waals surface area contributed by atoms with Gasteiger partial charge in [-0.05, 0) is 24.3 Å². The molecule has 1 aliphatic heterocycles. The van der Waals surface area contributed by atoms with Crippen molar-refractivity contribution < 1.29 is 30.4 Å². The second kappa shape index (κ2) is 7.76. The van der Waals surface area contributed by atoms with Crippen molar-refractivity contribution in [3.8, 4) is 0 Å². The fraction of sp³-hybridized carbons (Fsp3) is 0.333. The minimum Gasteiger partial charge on any atom is -0.296 e. The molecule has 0 aliphatic carbocycles. The zero-order valence-corrected chi connectivity index (χ0v) is 15.4. The van der Waals surface area contributed by atoms with Gasteiger partial charge >= 0.3 is 6.18 Å². The van der Waals surface area contributed by atoms with Crippen LogP contribution in [0.1, 0.15) is 11.1 Å². The van der Waals surface area contributed by atoms with Crippen molar-refractivity contribution in [2.45, 2.75) is 17.6 Å². The van der Waals surface area contributed by atoms with Gasteiger partial charge in [0, 0.05) is 38.3 Å². The van der Waals surface area contributed by atoms with Gasteiger partial charge in [-0.15, -0.1) is 0 Å². The summed E-state index contributed by atoms with van der Waals surface area (Å²) in [4.78, 5) is 1.34. The van der Waals surface area contributed by atoms with E-state index in [1.165, 1.54) is 12.1 Å². The number of benzene rings is 2. The van der Waals surface area contributed by atoms with E-state index in [9.17, 15) is 30.4 Å². The van der Waals surface area contributed by atoms with Crippen LogP contribution in [-0.4, -0.2) is 43.8 Å². The normalized spacial score (nSPS) is 17.0. The van der Waals surface area contributed by atoms with Gasteiger partial charge in [0.05, 0.1) is 10.5 Å². The maximum absolute atomic E-state index is 13.8. The van der Waals surface area contributed by atoms with Gasteiger partial charge in [0.15, 0.2) is 11.6 Å². The second-order valence-corrected chi connectivity index (χ2v) is 8.36. The first-order chi connectivity index (χ1) is 13.1. The van der Waals surface area contributed by atoms with Crippen LogP contribution in [0.5, 0.6) is 0 Å². The quantitative estimate of drug-likeness (QED) is 0.711. The Labute approximate surface area is 159 Å². The maximum Gasteiger partial charge on any atom is 0.416 e. The van der Waals surface area contributed by atoms with E-state index in [-0.39, 0.29) is 38.3 Å². The topological polar surface area (TPSA) is 40.6 Å². The molecule has 10 heteroatoms. The van der Waals surface area contributed by atoms with Crippen LogP contribution in [0.15, 0.2) is 47.4 Å². The van der Waals surface area contributed by atoms with E-state index in [2.05, 4.69) is 0 Å². The molecule has 2 aromatic carbocycles. The summed E-state index contributed by atoms with van der Waals surface area (Å²) in [6, 6.07) is 7.46. The molecule has 0 amide bonds. The summed E-state index contributed by atoms with van der Waals surface area (Å²) < 4.78 is 92.0. The summed E-state index contributed by atoms with van der Waals surface area (Å²) in [5.74, 6) is -1.90. The predicted octanol–water partition coefficient (Wildman–Crippen LogP) is 3.49. The third-order valence-corrected chi connectivity index (χ3v) is 6.45. The number of piperazine rings is 1. The molecule has 1 fully saturated rings. The third kappa shape index (κ3) is 4.34. The smallest absolute Gasteiger partial charge is 0.296 e. The summed E-state index contributed by atoms with van der Waals surface area (Å²) in [5.41, 5.74) is -0.872. The highest BCUT2D eigenvalue weighted by molar-refractivity contribution is 7.89. The lowest BCUT2D eigenvalue weighted by Crippen LogP contribution is -2.48. The molecular weight excluding hydrogens is 403 g/mol. The maximum atomic E-state index is 13.8. The van der Waals surface area contributed by atoms with Crippen LogP contribution in [-0.2, 0) is 22.7 Å². The Morgan fingerprint density at radius 1 is 0.929 bits per heavy atom. The number of hydrogen-bond donors (Lipinski definition) is 0. The average Bonchev–Trinajstić information content (AvgIpc) is 2.65. The molecule has 0 saturated carbocycles. The van der Waals surface area contributed by atoms with E-state index < -0.39 is 38.3 Å². The van der Waals surface area contributed by atoms with E-state index in [1.54, 1.807) is 4.90 Å². The van der Waals surface area contributed by atoms with Crippen LogP contribution in [0, 0.1) is 11.6 Å². The zero-order chi connectivity index (χ0) is 20.5. The fourth-order valence-electron chi connectivity index (χ4n) is 3.02. The standard InChI is InChI=1S/C18H17F5N2O2S/c19-16-6-1-3-13(17(16)20)12-24-7-9-25(10-8-24)28(26,27)15-5-2-4-14(11-15)18(21,22)23/h1-6,11H,7-10,12H2. The van der Waals surface area contributed by atoms with Gasteiger partial charge in [0.1, 0.15) is 0 Å². The van der Waals surface area contributed by atoms with Gasteiger partial charge in [-0.25, -0.2) is 17.2 Å². The highest BCUT2D eigenvalue weighted by atomic mass is 32.2. The van der Waals surface area contributed by atoms with Gasteiger partial charge in [0.2, 0.25) is 10.0 Å². The Morgan fingerprint density at radius 2 is 1.57 bits per heavy atom. The monoisotopic (exact) mass is 420 g/mol. The Hall–Kier alpha value is -2.04. The number of halogens is 5. The summed E-state index contributed by atoms with van der Waals surface area (Å²) in [5, 5.41) is 0. The molecule has 1 saturated heterocycles. The molecule has 28 heavy (non-hydrogen) atoms. The highest BCUT2D eigenvalue weighted by Gasteiger charge is 2.34. The molecule has 0 unspecified atom stereocenters. The molecule has 2 aromatic rings. The molecule has 0 spiro atoms. The molecule has 3 rings (SSSR count). The Bertz CT molecular complexity index is 955. The third-order valence-electron chi connectivity index (χ3n) is 4.56. The molecule has 1 heterocycles. The van der Waals surface area contributed by atoms with Crippen LogP contribution in [0.2, 0.25) is 0 Å². The van der Waals surface area contributed by atoms with E-state index >= 15 is 0 Å². The van der Waals surface area contributed by atoms with E-state index in [4.69, 9.17) is 0 Å². The molecule has 0 bridgehead atoms. The molecular formula is C18H17F5N2O2S. The van der Waals surface area contributed by atoms with Crippen molar-refractivity contribution in [2.75, 3.05) is 26.2 Å². The van der Waals surface area contributed by atoms with Gasteiger partial charge in [-0.1, -0.05) is 18.2 Å². The van der Waals surface area contributed by atoms with E-state index in [1.807, 2.05) is 0 Å². The van der Waals surface area contributed by atoms with Crippen molar-refractivity contribution in [3.05, 3.63) is 65.2 Å². The second-order valence-electron chi connectivity index (χ2n) is 6.42. The minimum atomic E-state index is -4.64. The van der Waals surface area contributed by atoms with Gasteiger partial charge in [-0.2, -0.15) is 17.5 Å². The predicted molar refractivity (Wildman–Crippen MR) is 91.8 cm³/mol. The highest BCUT2D eigenvalue weighted by Crippen LogP contribution is 2.31. The fourth-order valence-corrected chi connectivity index (χ4v) is 4.49. The van der Waals surface area contributed by atoms with Crippen molar-refractivity contribution in [1.29, 1.82) is 0 Å². The lowest BCUT2D eigenvalue weighted by atomic mass is 10.2. The summed E-state index contributed by atoms with van der Waals surface area (Å²) >= 11 is 0. The first-order valence-electron chi connectivity index (χ1n) is 8.42. The van der Waals surface area contributed by atoms with E-state index in [0.29, 0.717) is 6.07 Å². The van der Waals surface area contributed by atoms with Gasteiger partial charge in [0.25, 0.3) is 0 Å². The van der Waals surface area contributed by atoms with Crippen molar-refractivity contribution in [1.82, 2.24) is 9.21 Å². The van der Waals surface area contributed by atoms with Crippen LogP contribution in [0.4, 0.5) is 22.0 Å². The van der Waals surface area contributed by atoms with Crippen molar-refractivity contribution in [2.24, 2.45) is 0 Å². The van der Waals surface area contributed by atoms with Crippen molar-refractivity contribution >= 4 is 10.0 Å². The number of alkyl halides is 3. The molecule has 1 aliphatic rings. The molecule has 0 radical (unpaired) electrons. The SMILES string of the molecule is O=S(=O)(c1cccc(C(F)(F)F)c1)N1CCN(Cc2cccc(F)c2F)CC1. The average molecular weight is 420 g/mol. The largest absolute Gasteiger partial charge is 0.416 e. The Balaban J connectivity index is 1.69. The first-order valence-corrected chi connectivity index (χ1v) is 9.86. The minimum absolute atomic E-state index is 0.0372. The van der Waals surface area contributed by atoms with Crippen LogP contribution in [0.25, 0.3) is 0 Å². The number of rotatable bonds is 4. The molecule has 0 aromatic heterocycles. The number of hydrogen-bond acceptors (Lipinski definition) is 3. The first kappa shape index (κ1) is 20.7. The van der Waals surface area contributed by atoms with Gasteiger partial charge in [-0.3, -0.25) is 4.90 Å². The van der Waals surface area contributed by atoms with Crippen LogP contribution >= 0.6 is 0 Å². The summed E-state index contributed by atoms with van der Waals surface area (Å²) in [7, 11) is -4.08. The lowest BCUT2D eigenvalue weighted by Gasteiger charge is -2.34. The van der Waals surface area contributed by atoms with Gasteiger partial charge < -0.3 is 0 Å². The van der Waals surface area contributed by atoms with Crippen LogP contribution < -0.4 is 0 Å². The van der Waals surface area contributed by atoms with Crippen LogP contribution in [0.3, 0.4) is 0 Å². The number of sulfonamides is 1. The molecule has 0 atom stereocenters. The molecule has 152 valence electrons. The number of nitrogens with zero attached hydrogens (tertiary/aromatic N) is 2. The lowest BCUT2D eigenvalue weighted by molar-refractivity contribution is -0.137. The summed E-state index contributed by atoms with van der Waals surface area (Å²) in [6.07, 6.45) is -4.64. The Kier molecular flexibility index (Phi) is 5.74. The summed E-state index contributed by atoms with van der Waals surface area (Å²) in [6.45, 7) is 0.675.